The zero-order valence-electron chi connectivity index (χ0n) is 22.8. The van der Waals surface area contributed by atoms with E-state index in [4.69, 9.17) is 10.2 Å². The predicted molar refractivity (Wildman–Crippen MR) is 152 cm³/mol. The van der Waals surface area contributed by atoms with Crippen molar-refractivity contribution in [3.05, 3.63) is 101 Å². The van der Waals surface area contributed by atoms with Gasteiger partial charge in [0.2, 0.25) is 5.91 Å². The summed E-state index contributed by atoms with van der Waals surface area (Å²) in [6.45, 7) is 2.14. The molecule has 0 saturated carbocycles. The number of carboxylic acids is 2. The smallest absolute Gasteiger partial charge is 0.317 e. The molecule has 2 unspecified atom stereocenters. The molecule has 1 fully saturated rings. The van der Waals surface area contributed by atoms with E-state index in [0.29, 0.717) is 12.8 Å². The molecule has 2 N–H and O–H groups in total. The van der Waals surface area contributed by atoms with Gasteiger partial charge < -0.3 is 15.1 Å². The monoisotopic (exact) mass is 545 g/mol. The SMILES string of the molecule is CCCc1ccc(N2C(=O)C(CCCc3ccc(F)cc3)C2c2ccc(CCCC(C(=O)O)C(=O)O)cc2)cc1. The Kier molecular flexibility index (Phi) is 9.70. The van der Waals surface area contributed by atoms with Crippen LogP contribution in [0.15, 0.2) is 72.8 Å². The number of nitrogens with zero attached hydrogens (tertiary/aromatic N) is 1. The molecule has 3 aromatic rings. The van der Waals surface area contributed by atoms with Crippen LogP contribution in [0.5, 0.6) is 0 Å². The highest BCUT2D eigenvalue weighted by Crippen LogP contribution is 2.45. The number of hydrogen-bond acceptors (Lipinski definition) is 3. The van der Waals surface area contributed by atoms with Crippen molar-refractivity contribution in [3.8, 4) is 0 Å². The number of carbonyl (C=O) groups is 3. The first-order chi connectivity index (χ1) is 19.3. The van der Waals surface area contributed by atoms with Gasteiger partial charge in [0.1, 0.15) is 5.82 Å². The number of amides is 1. The second kappa shape index (κ2) is 13.4. The minimum Gasteiger partial charge on any atom is -0.481 e. The quantitative estimate of drug-likeness (QED) is 0.176. The summed E-state index contributed by atoms with van der Waals surface area (Å²) in [5, 5.41) is 18.2. The van der Waals surface area contributed by atoms with Gasteiger partial charge in [-0.05, 0) is 91.5 Å². The second-order valence-corrected chi connectivity index (χ2v) is 10.6. The normalized spacial score (nSPS) is 16.7. The summed E-state index contributed by atoms with van der Waals surface area (Å²) in [7, 11) is 0. The van der Waals surface area contributed by atoms with Gasteiger partial charge in [-0.25, -0.2) is 4.39 Å². The molecule has 0 radical (unpaired) electrons. The number of rotatable bonds is 14. The Labute approximate surface area is 234 Å². The zero-order valence-corrected chi connectivity index (χ0v) is 22.8. The Hall–Kier alpha value is -4.00. The van der Waals surface area contributed by atoms with Crippen molar-refractivity contribution in [2.24, 2.45) is 11.8 Å². The van der Waals surface area contributed by atoms with Gasteiger partial charge in [0.25, 0.3) is 0 Å². The maximum Gasteiger partial charge on any atom is 0.317 e. The largest absolute Gasteiger partial charge is 0.481 e. The van der Waals surface area contributed by atoms with E-state index in [-0.39, 0.29) is 30.1 Å². The average Bonchev–Trinajstić information content (AvgIpc) is 2.94. The van der Waals surface area contributed by atoms with Gasteiger partial charge in [-0.2, -0.15) is 0 Å². The van der Waals surface area contributed by atoms with Crippen LogP contribution in [0, 0.1) is 17.7 Å². The van der Waals surface area contributed by atoms with Crippen LogP contribution in [0.25, 0.3) is 0 Å². The van der Waals surface area contributed by atoms with Crippen LogP contribution in [0.4, 0.5) is 10.1 Å². The van der Waals surface area contributed by atoms with E-state index in [1.807, 2.05) is 41.3 Å². The van der Waals surface area contributed by atoms with E-state index >= 15 is 0 Å². The minimum atomic E-state index is -1.40. The Morgan fingerprint density at radius 1 is 0.800 bits per heavy atom. The van der Waals surface area contributed by atoms with Crippen molar-refractivity contribution in [1.29, 1.82) is 0 Å². The predicted octanol–water partition coefficient (Wildman–Crippen LogP) is 6.61. The number of benzene rings is 3. The molecule has 1 aliphatic rings. The summed E-state index contributed by atoms with van der Waals surface area (Å²) in [6.07, 6.45) is 5.45. The number of aliphatic carboxylic acids is 2. The van der Waals surface area contributed by atoms with Crippen LogP contribution in [0.3, 0.4) is 0 Å². The first-order valence-electron chi connectivity index (χ1n) is 14.0. The highest BCUT2D eigenvalue weighted by molar-refractivity contribution is 6.03. The lowest BCUT2D eigenvalue weighted by atomic mass is 9.78. The first kappa shape index (κ1) is 29.0. The molecule has 4 rings (SSSR count). The van der Waals surface area contributed by atoms with Crippen LogP contribution >= 0.6 is 0 Å². The molecule has 40 heavy (non-hydrogen) atoms. The van der Waals surface area contributed by atoms with E-state index < -0.39 is 17.9 Å². The molecule has 0 bridgehead atoms. The first-order valence-corrected chi connectivity index (χ1v) is 14.0. The van der Waals surface area contributed by atoms with E-state index in [2.05, 4.69) is 19.1 Å². The van der Waals surface area contributed by atoms with Crippen LogP contribution in [-0.2, 0) is 33.6 Å². The molecule has 1 aliphatic heterocycles. The van der Waals surface area contributed by atoms with Gasteiger partial charge in [-0.1, -0.05) is 61.9 Å². The van der Waals surface area contributed by atoms with E-state index in [0.717, 1.165) is 54.5 Å². The third-order valence-electron chi connectivity index (χ3n) is 7.74. The standard InChI is InChI=1S/C33H36FNO5/c1-2-5-22-14-20-27(21-15-22)35-30(28(31(35)36)8-3-6-24-12-18-26(34)19-13-24)25-16-10-23(11-17-25)7-4-9-29(32(37)38)33(39)40/h10-21,28-30H,2-9H2,1H3,(H,37,38)(H,39,40). The average molecular weight is 546 g/mol. The second-order valence-electron chi connectivity index (χ2n) is 10.6. The number of carbonyl (C=O) groups excluding carboxylic acids is 1. The molecule has 2 atom stereocenters. The molecular weight excluding hydrogens is 509 g/mol. The van der Waals surface area contributed by atoms with E-state index in [9.17, 15) is 18.8 Å². The van der Waals surface area contributed by atoms with Crippen LogP contribution in [-0.4, -0.2) is 28.1 Å². The summed E-state index contributed by atoms with van der Waals surface area (Å²) in [5.74, 6) is -4.34. The van der Waals surface area contributed by atoms with Crippen molar-refractivity contribution in [2.75, 3.05) is 4.90 Å². The Morgan fingerprint density at radius 2 is 1.32 bits per heavy atom. The number of carboxylic acid groups (broad SMARTS) is 2. The molecule has 0 aromatic heterocycles. The molecule has 7 heteroatoms. The van der Waals surface area contributed by atoms with Crippen molar-refractivity contribution >= 4 is 23.5 Å². The summed E-state index contributed by atoms with van der Waals surface area (Å²) in [5.41, 5.74) is 5.19. The minimum absolute atomic E-state index is 0.0709. The summed E-state index contributed by atoms with van der Waals surface area (Å²) < 4.78 is 13.3. The number of anilines is 1. The van der Waals surface area contributed by atoms with Gasteiger partial charge in [0, 0.05) is 5.69 Å². The lowest BCUT2D eigenvalue weighted by molar-refractivity contribution is -0.154. The van der Waals surface area contributed by atoms with E-state index in [1.165, 1.54) is 17.7 Å². The van der Waals surface area contributed by atoms with Gasteiger partial charge in [-0.15, -0.1) is 0 Å². The lowest BCUT2D eigenvalue weighted by Crippen LogP contribution is -2.55. The molecule has 3 aromatic carbocycles. The fourth-order valence-electron chi connectivity index (χ4n) is 5.53. The highest BCUT2D eigenvalue weighted by Gasteiger charge is 2.48. The van der Waals surface area contributed by atoms with Gasteiger partial charge in [-0.3, -0.25) is 14.4 Å². The van der Waals surface area contributed by atoms with Gasteiger partial charge >= 0.3 is 11.9 Å². The topological polar surface area (TPSA) is 94.9 Å². The van der Waals surface area contributed by atoms with Gasteiger partial charge in [0.15, 0.2) is 5.92 Å². The van der Waals surface area contributed by atoms with Crippen molar-refractivity contribution in [3.63, 3.8) is 0 Å². The Morgan fingerprint density at radius 3 is 1.90 bits per heavy atom. The van der Waals surface area contributed by atoms with Crippen LogP contribution < -0.4 is 4.90 Å². The molecule has 1 heterocycles. The Bertz CT molecular complexity index is 1290. The van der Waals surface area contributed by atoms with Gasteiger partial charge in [0.05, 0.1) is 12.0 Å². The summed E-state index contributed by atoms with van der Waals surface area (Å²) >= 11 is 0. The molecule has 1 saturated heterocycles. The third-order valence-corrected chi connectivity index (χ3v) is 7.74. The maximum absolute atomic E-state index is 13.4. The molecule has 1 amide bonds. The maximum atomic E-state index is 13.4. The van der Waals surface area contributed by atoms with E-state index in [1.54, 1.807) is 12.1 Å². The molecule has 6 nitrogen and oxygen atoms in total. The van der Waals surface area contributed by atoms with Crippen molar-refractivity contribution in [1.82, 2.24) is 0 Å². The summed E-state index contributed by atoms with van der Waals surface area (Å²) in [4.78, 5) is 37.6. The molecule has 0 spiro atoms. The van der Waals surface area contributed by atoms with Crippen LogP contribution in [0.2, 0.25) is 0 Å². The van der Waals surface area contributed by atoms with Crippen molar-refractivity contribution < 1.29 is 29.0 Å². The molecule has 0 aliphatic carbocycles. The fraction of sp³-hybridized carbons (Fsp3) is 0.364. The number of halogens is 1. The highest BCUT2D eigenvalue weighted by atomic mass is 19.1. The number of β-lactam (4-membered cyclic amide) rings is 1. The van der Waals surface area contributed by atoms with Crippen molar-refractivity contribution in [2.45, 2.75) is 64.3 Å². The molecule has 210 valence electrons. The number of hydrogen-bond donors (Lipinski definition) is 2. The third kappa shape index (κ3) is 6.95. The molecular formula is C33H36FNO5. The number of aryl methyl sites for hydroxylation is 3. The fourth-order valence-corrected chi connectivity index (χ4v) is 5.53. The summed E-state index contributed by atoms with van der Waals surface area (Å²) in [6, 6.07) is 22.6. The zero-order chi connectivity index (χ0) is 28.6. The van der Waals surface area contributed by atoms with Crippen LogP contribution in [0.1, 0.15) is 67.3 Å². The Balaban J connectivity index is 1.46. The lowest BCUT2D eigenvalue weighted by Gasteiger charge is -2.48.